The number of carbonyl (C=O) groups excluding carboxylic acids is 4. The van der Waals surface area contributed by atoms with Crippen molar-refractivity contribution < 1.29 is 47.4 Å². The highest BCUT2D eigenvalue weighted by molar-refractivity contribution is 6.63. The van der Waals surface area contributed by atoms with Gasteiger partial charge >= 0.3 is 19.2 Å². The van der Waals surface area contributed by atoms with Crippen LogP contribution in [-0.4, -0.2) is 93.7 Å². The second-order valence-corrected chi connectivity index (χ2v) is 14.6. The number of hydrogen-bond donors (Lipinski definition) is 2. The number of nitrogens with one attached hydrogen (secondary N) is 2. The van der Waals surface area contributed by atoms with E-state index in [1.807, 2.05) is 52.8 Å². The zero-order chi connectivity index (χ0) is 38.3. The number of aryl methyl sites for hydroxylation is 2. The van der Waals surface area contributed by atoms with Gasteiger partial charge in [0, 0.05) is 12.5 Å². The summed E-state index contributed by atoms with van der Waals surface area (Å²) in [5.41, 5.74) is 1.14. The molecule has 0 bridgehead atoms. The molecular weight excluding hydrogens is 657 g/mol. The molecule has 2 aromatic carbocycles. The monoisotopic (exact) mass is 711 g/mol. The molecule has 2 atom stereocenters. The van der Waals surface area contributed by atoms with Gasteiger partial charge in [-0.3, -0.25) is 14.5 Å². The van der Waals surface area contributed by atoms with E-state index < -0.39 is 66.4 Å². The van der Waals surface area contributed by atoms with Crippen molar-refractivity contribution in [3.8, 4) is 11.5 Å². The summed E-state index contributed by atoms with van der Waals surface area (Å²) >= 11 is 0. The summed E-state index contributed by atoms with van der Waals surface area (Å²) < 4.78 is 33.9. The van der Waals surface area contributed by atoms with Gasteiger partial charge < -0.3 is 38.9 Å². The van der Waals surface area contributed by atoms with Gasteiger partial charge in [-0.1, -0.05) is 18.2 Å². The highest BCUT2D eigenvalue weighted by Gasteiger charge is 2.52. The van der Waals surface area contributed by atoms with Crippen molar-refractivity contribution in [3.63, 3.8) is 0 Å². The standard InChI is InChI=1S/C37H54BN3O10/c1-23-20-25(17-19-28(23)46-10)31(41(9)34(45)49-35(2,3)4)32(43)39-22-30(42)40-27(33(44)48-12)15-13-14-24-16-18-29(47-11)26(21-24)38-50-36(5,6)37(7,8)51-38/h16-21,27,31H,13-15,22H2,1-12H3,(H,39,43)(H,40,42)/t27-,31?/m0/s1. The zero-order valence-corrected chi connectivity index (χ0v) is 32.1. The second kappa shape index (κ2) is 16.8. The van der Waals surface area contributed by atoms with E-state index in [1.165, 1.54) is 26.2 Å². The first-order chi connectivity index (χ1) is 23.7. The van der Waals surface area contributed by atoms with Gasteiger partial charge in [-0.2, -0.15) is 0 Å². The molecule has 0 saturated carbocycles. The number of hydrogen-bond acceptors (Lipinski definition) is 10. The first-order valence-electron chi connectivity index (χ1n) is 17.0. The molecule has 1 fully saturated rings. The highest BCUT2D eigenvalue weighted by Crippen LogP contribution is 2.37. The maximum Gasteiger partial charge on any atom is 0.498 e. The number of likely N-dealkylation sites (N-methyl/N-ethyl adjacent to an activating group) is 1. The van der Waals surface area contributed by atoms with Gasteiger partial charge in [0.05, 0.1) is 39.1 Å². The smallest absolute Gasteiger partial charge is 0.497 e. The lowest BCUT2D eigenvalue weighted by Crippen LogP contribution is -2.48. The third-order valence-electron chi connectivity index (χ3n) is 9.06. The predicted octanol–water partition coefficient (Wildman–Crippen LogP) is 4.02. The summed E-state index contributed by atoms with van der Waals surface area (Å²) in [6.45, 7) is 14.5. The van der Waals surface area contributed by atoms with Gasteiger partial charge in [0.2, 0.25) is 11.8 Å². The van der Waals surface area contributed by atoms with E-state index >= 15 is 0 Å². The molecule has 2 aromatic rings. The van der Waals surface area contributed by atoms with Crippen molar-refractivity contribution >= 4 is 36.5 Å². The Morgan fingerprint density at radius 1 is 0.922 bits per heavy atom. The van der Waals surface area contributed by atoms with Crippen molar-refractivity contribution in [1.29, 1.82) is 0 Å². The lowest BCUT2D eigenvalue weighted by molar-refractivity contribution is -0.145. The average Bonchev–Trinajstić information content (AvgIpc) is 3.27. The number of esters is 1. The van der Waals surface area contributed by atoms with Crippen molar-refractivity contribution in [2.45, 2.75) is 104 Å². The molecule has 1 heterocycles. The fourth-order valence-corrected chi connectivity index (χ4v) is 5.57. The molecule has 0 radical (unpaired) electrons. The summed E-state index contributed by atoms with van der Waals surface area (Å²) in [5.74, 6) is -0.576. The van der Waals surface area contributed by atoms with Crippen LogP contribution in [0.25, 0.3) is 0 Å². The van der Waals surface area contributed by atoms with Crippen LogP contribution in [0.15, 0.2) is 36.4 Å². The Morgan fingerprint density at radius 2 is 1.53 bits per heavy atom. The molecule has 2 N–H and O–H groups in total. The number of carbonyl (C=O) groups is 4. The molecule has 0 aromatic heterocycles. The summed E-state index contributed by atoms with van der Waals surface area (Å²) in [4.78, 5) is 53.5. The Labute approximate surface area is 302 Å². The Bertz CT molecular complexity index is 1560. The summed E-state index contributed by atoms with van der Waals surface area (Å²) in [5, 5.41) is 5.29. The quantitative estimate of drug-likeness (QED) is 0.217. The Morgan fingerprint density at radius 3 is 2.08 bits per heavy atom. The fourth-order valence-electron chi connectivity index (χ4n) is 5.57. The van der Waals surface area contributed by atoms with Crippen LogP contribution < -0.4 is 25.6 Å². The van der Waals surface area contributed by atoms with Crippen LogP contribution in [0.2, 0.25) is 0 Å². The maximum absolute atomic E-state index is 13.6. The molecule has 1 aliphatic heterocycles. The second-order valence-electron chi connectivity index (χ2n) is 14.6. The minimum absolute atomic E-state index is 0.277. The minimum Gasteiger partial charge on any atom is -0.497 e. The zero-order valence-electron chi connectivity index (χ0n) is 32.1. The van der Waals surface area contributed by atoms with Crippen molar-refractivity contribution in [2.24, 2.45) is 0 Å². The molecule has 51 heavy (non-hydrogen) atoms. The fraction of sp³-hybridized carbons (Fsp3) is 0.568. The molecule has 0 spiro atoms. The Kier molecular flexibility index (Phi) is 13.6. The normalized spacial score (nSPS) is 16.0. The van der Waals surface area contributed by atoms with Crippen LogP contribution in [0, 0.1) is 6.92 Å². The first kappa shape index (κ1) is 41.1. The van der Waals surface area contributed by atoms with E-state index in [-0.39, 0.29) is 6.42 Å². The van der Waals surface area contributed by atoms with Gasteiger partial charge in [-0.05, 0) is 110 Å². The molecule has 1 saturated heterocycles. The van der Waals surface area contributed by atoms with Gasteiger partial charge in [-0.15, -0.1) is 0 Å². The SMILES string of the molecule is COC(=O)[C@H](CCCc1ccc(OC)c(B2OC(C)(C)C(C)(C)O2)c1)NC(=O)CNC(=O)C(c1ccc(OC)c(C)c1)N(C)C(=O)OC(C)(C)C. The van der Waals surface area contributed by atoms with Crippen LogP contribution in [-0.2, 0) is 39.6 Å². The van der Waals surface area contributed by atoms with E-state index in [1.54, 1.807) is 46.1 Å². The van der Waals surface area contributed by atoms with Gasteiger partial charge in [0.15, 0.2) is 0 Å². The lowest BCUT2D eigenvalue weighted by atomic mass is 9.77. The average molecular weight is 712 g/mol. The Hall–Kier alpha value is -4.30. The molecule has 14 heteroatoms. The van der Waals surface area contributed by atoms with Crippen LogP contribution in [0.4, 0.5) is 4.79 Å². The molecule has 13 nitrogen and oxygen atoms in total. The third kappa shape index (κ3) is 10.6. The van der Waals surface area contributed by atoms with Crippen molar-refractivity contribution in [1.82, 2.24) is 15.5 Å². The van der Waals surface area contributed by atoms with Crippen LogP contribution in [0.3, 0.4) is 0 Å². The molecule has 1 unspecified atom stereocenters. The summed E-state index contributed by atoms with van der Waals surface area (Å²) in [7, 11) is 5.22. The van der Waals surface area contributed by atoms with E-state index in [0.29, 0.717) is 29.9 Å². The molecule has 3 amide bonds. The number of benzene rings is 2. The van der Waals surface area contributed by atoms with Crippen molar-refractivity contribution in [3.05, 3.63) is 53.1 Å². The van der Waals surface area contributed by atoms with Crippen LogP contribution in [0.1, 0.15) is 84.0 Å². The van der Waals surface area contributed by atoms with Crippen LogP contribution in [0.5, 0.6) is 11.5 Å². The first-order valence-corrected chi connectivity index (χ1v) is 17.0. The van der Waals surface area contributed by atoms with Crippen LogP contribution >= 0.6 is 0 Å². The topological polar surface area (TPSA) is 151 Å². The summed E-state index contributed by atoms with van der Waals surface area (Å²) in [6, 6.07) is 8.79. The molecule has 3 rings (SSSR count). The van der Waals surface area contributed by atoms with Gasteiger partial charge in [0.25, 0.3) is 0 Å². The summed E-state index contributed by atoms with van der Waals surface area (Å²) in [6.07, 6.45) is 0.670. The maximum atomic E-state index is 13.6. The predicted molar refractivity (Wildman–Crippen MR) is 193 cm³/mol. The number of nitrogens with zero attached hydrogens (tertiary/aromatic N) is 1. The van der Waals surface area contributed by atoms with Gasteiger partial charge in [0.1, 0.15) is 29.2 Å². The number of ether oxygens (including phenoxy) is 4. The van der Waals surface area contributed by atoms with E-state index in [2.05, 4.69) is 10.6 Å². The number of rotatable bonds is 14. The molecule has 1 aliphatic rings. The molecular formula is C37H54BN3O10. The lowest BCUT2D eigenvalue weighted by Gasteiger charge is -2.32. The van der Waals surface area contributed by atoms with E-state index in [0.717, 1.165) is 16.6 Å². The molecule has 280 valence electrons. The Balaban J connectivity index is 1.68. The van der Waals surface area contributed by atoms with Gasteiger partial charge in [-0.25, -0.2) is 9.59 Å². The largest absolute Gasteiger partial charge is 0.498 e. The number of methoxy groups -OCH3 is 3. The highest BCUT2D eigenvalue weighted by atomic mass is 16.7. The molecule has 0 aliphatic carbocycles. The number of amides is 3. The van der Waals surface area contributed by atoms with E-state index in [4.69, 9.17) is 28.3 Å². The van der Waals surface area contributed by atoms with E-state index in [9.17, 15) is 19.2 Å². The third-order valence-corrected chi connectivity index (χ3v) is 9.06. The minimum atomic E-state index is -1.12. The van der Waals surface area contributed by atoms with Crippen molar-refractivity contribution in [2.75, 3.05) is 34.9 Å².